The first-order chi connectivity index (χ1) is 8.97. The van der Waals surface area contributed by atoms with Gasteiger partial charge >= 0.3 is 0 Å². The molecule has 0 saturated heterocycles. The quantitative estimate of drug-likeness (QED) is 0.818. The molecule has 1 heterocycles. The molecule has 0 atom stereocenters. The molecule has 2 aromatic rings. The number of benzene rings is 1. The van der Waals surface area contributed by atoms with Gasteiger partial charge in [-0.05, 0) is 5.92 Å². The second-order valence-corrected chi connectivity index (χ2v) is 5.12. The van der Waals surface area contributed by atoms with E-state index in [2.05, 4.69) is 0 Å². The van der Waals surface area contributed by atoms with E-state index in [-0.39, 0.29) is 21.2 Å². The molecule has 0 bridgehead atoms. The SMILES string of the molecule is CC.CC(C)c1c(F)cc(F)c2sc(N)c(C#N)c12. The first-order valence-corrected chi connectivity index (χ1v) is 6.89. The zero-order chi connectivity index (χ0) is 14.7. The van der Waals surface area contributed by atoms with E-state index in [4.69, 9.17) is 11.0 Å². The number of fused-ring (bicyclic) bond motifs is 1. The Morgan fingerprint density at radius 3 is 2.32 bits per heavy atom. The number of halogens is 2. The van der Waals surface area contributed by atoms with Gasteiger partial charge in [0.05, 0.1) is 10.3 Å². The fourth-order valence-electron chi connectivity index (χ4n) is 1.92. The predicted molar refractivity (Wildman–Crippen MR) is 76.3 cm³/mol. The van der Waals surface area contributed by atoms with Crippen molar-refractivity contribution in [3.63, 3.8) is 0 Å². The van der Waals surface area contributed by atoms with Gasteiger partial charge in [0.1, 0.15) is 22.7 Å². The fraction of sp³-hybridized carbons (Fsp3) is 0.357. The minimum atomic E-state index is -0.667. The van der Waals surface area contributed by atoms with E-state index in [0.717, 1.165) is 17.4 Å². The summed E-state index contributed by atoms with van der Waals surface area (Å²) < 4.78 is 27.7. The first kappa shape index (κ1) is 15.4. The monoisotopic (exact) mass is 282 g/mol. The summed E-state index contributed by atoms with van der Waals surface area (Å²) in [6, 6.07) is 2.78. The van der Waals surface area contributed by atoms with Crippen LogP contribution < -0.4 is 5.73 Å². The summed E-state index contributed by atoms with van der Waals surface area (Å²) in [5, 5.41) is 9.58. The van der Waals surface area contributed by atoms with Gasteiger partial charge in [0.15, 0.2) is 0 Å². The van der Waals surface area contributed by atoms with Crippen LogP contribution in [0, 0.1) is 23.0 Å². The maximum atomic E-state index is 13.8. The van der Waals surface area contributed by atoms with Gasteiger partial charge < -0.3 is 5.73 Å². The second kappa shape index (κ2) is 5.98. The van der Waals surface area contributed by atoms with Crippen molar-refractivity contribution < 1.29 is 8.78 Å². The molecular formula is C14H16F2N2S. The van der Waals surface area contributed by atoms with Crippen LogP contribution in [-0.4, -0.2) is 0 Å². The third kappa shape index (κ3) is 2.54. The van der Waals surface area contributed by atoms with Gasteiger partial charge in [-0.3, -0.25) is 0 Å². The lowest BCUT2D eigenvalue weighted by Gasteiger charge is -2.09. The Bertz CT molecular complexity index is 639. The van der Waals surface area contributed by atoms with E-state index < -0.39 is 11.6 Å². The molecule has 1 aromatic carbocycles. The molecular weight excluding hydrogens is 266 g/mol. The van der Waals surface area contributed by atoms with Crippen LogP contribution in [0.4, 0.5) is 13.8 Å². The number of rotatable bonds is 1. The van der Waals surface area contributed by atoms with Crippen molar-refractivity contribution in [2.24, 2.45) is 0 Å². The van der Waals surface area contributed by atoms with Crippen molar-refractivity contribution in [2.75, 3.05) is 5.73 Å². The largest absolute Gasteiger partial charge is 0.389 e. The molecule has 0 spiro atoms. The summed E-state index contributed by atoms with van der Waals surface area (Å²) in [7, 11) is 0. The van der Waals surface area contributed by atoms with E-state index in [0.29, 0.717) is 10.9 Å². The molecule has 0 fully saturated rings. The number of hydrogen-bond donors (Lipinski definition) is 1. The molecule has 2 nitrogen and oxygen atoms in total. The number of nitrogens with two attached hydrogens (primary N) is 1. The Balaban J connectivity index is 0.000000861. The number of nitriles is 1. The summed E-state index contributed by atoms with van der Waals surface area (Å²) in [6.07, 6.45) is 0. The van der Waals surface area contributed by atoms with Crippen molar-refractivity contribution >= 4 is 26.4 Å². The van der Waals surface area contributed by atoms with Crippen molar-refractivity contribution in [3.05, 3.63) is 28.8 Å². The minimum Gasteiger partial charge on any atom is -0.389 e. The van der Waals surface area contributed by atoms with Gasteiger partial charge in [0, 0.05) is 17.0 Å². The van der Waals surface area contributed by atoms with Crippen LogP contribution in [0.5, 0.6) is 0 Å². The lowest BCUT2D eigenvalue weighted by molar-refractivity contribution is 0.575. The molecule has 1 aromatic heterocycles. The van der Waals surface area contributed by atoms with Crippen molar-refractivity contribution in [1.82, 2.24) is 0 Å². The molecule has 0 aliphatic carbocycles. The Morgan fingerprint density at radius 2 is 1.84 bits per heavy atom. The van der Waals surface area contributed by atoms with Crippen LogP contribution in [-0.2, 0) is 0 Å². The zero-order valence-electron chi connectivity index (χ0n) is 11.3. The smallest absolute Gasteiger partial charge is 0.144 e. The van der Waals surface area contributed by atoms with Gasteiger partial charge in [-0.1, -0.05) is 27.7 Å². The van der Waals surface area contributed by atoms with Gasteiger partial charge in [-0.25, -0.2) is 8.78 Å². The molecule has 0 saturated carbocycles. The minimum absolute atomic E-state index is 0.140. The van der Waals surface area contributed by atoms with Crippen molar-refractivity contribution in [1.29, 1.82) is 5.26 Å². The topological polar surface area (TPSA) is 49.8 Å². The van der Waals surface area contributed by atoms with Crippen molar-refractivity contribution in [3.8, 4) is 6.07 Å². The standard InChI is InChI=1S/C12H10F2N2S.C2H6/c1-5(2)9-7(13)3-8(14)11-10(9)6(4-15)12(16)17-11;1-2/h3,5H,16H2,1-2H3;1-2H3. The highest BCUT2D eigenvalue weighted by Gasteiger charge is 2.21. The molecule has 0 aliphatic heterocycles. The van der Waals surface area contributed by atoms with Crippen LogP contribution in [0.1, 0.15) is 44.7 Å². The number of nitrogens with zero attached hydrogens (tertiary/aromatic N) is 1. The normalized spacial score (nSPS) is 10.2. The van der Waals surface area contributed by atoms with Gasteiger partial charge in [-0.15, -0.1) is 11.3 Å². The third-order valence-corrected chi connectivity index (χ3v) is 3.65. The molecule has 2 N–H and O–H groups in total. The Kier molecular flexibility index (Phi) is 4.84. The van der Waals surface area contributed by atoms with Crippen LogP contribution in [0.15, 0.2) is 6.07 Å². The summed E-state index contributed by atoms with van der Waals surface area (Å²) in [5.74, 6) is -1.43. The van der Waals surface area contributed by atoms with Gasteiger partial charge in [0.25, 0.3) is 0 Å². The van der Waals surface area contributed by atoms with Crippen molar-refractivity contribution in [2.45, 2.75) is 33.6 Å². The highest BCUT2D eigenvalue weighted by Crippen LogP contribution is 2.40. The predicted octanol–water partition coefficient (Wildman–Crippen LogP) is 4.78. The fourth-order valence-corrected chi connectivity index (χ4v) is 2.86. The van der Waals surface area contributed by atoms with E-state index in [9.17, 15) is 8.78 Å². The van der Waals surface area contributed by atoms with Crippen LogP contribution in [0.25, 0.3) is 10.1 Å². The molecule has 2 rings (SSSR count). The molecule has 19 heavy (non-hydrogen) atoms. The van der Waals surface area contributed by atoms with Crippen LogP contribution in [0.3, 0.4) is 0 Å². The van der Waals surface area contributed by atoms with E-state index in [1.807, 2.05) is 19.9 Å². The van der Waals surface area contributed by atoms with E-state index >= 15 is 0 Å². The first-order valence-electron chi connectivity index (χ1n) is 6.07. The zero-order valence-corrected chi connectivity index (χ0v) is 12.2. The average molecular weight is 282 g/mol. The number of hydrogen-bond acceptors (Lipinski definition) is 3. The molecule has 5 heteroatoms. The maximum Gasteiger partial charge on any atom is 0.144 e. The second-order valence-electron chi connectivity index (χ2n) is 4.07. The average Bonchev–Trinajstić information content (AvgIpc) is 2.68. The highest BCUT2D eigenvalue weighted by molar-refractivity contribution is 7.23. The molecule has 0 radical (unpaired) electrons. The summed E-state index contributed by atoms with van der Waals surface area (Å²) in [5.41, 5.74) is 6.18. The van der Waals surface area contributed by atoms with E-state index in [1.54, 1.807) is 13.8 Å². The molecule has 0 unspecified atom stereocenters. The highest BCUT2D eigenvalue weighted by atomic mass is 32.1. The summed E-state index contributed by atoms with van der Waals surface area (Å²) in [4.78, 5) is 0. The Hall–Kier alpha value is -1.67. The summed E-state index contributed by atoms with van der Waals surface area (Å²) in [6.45, 7) is 7.59. The number of thiophene rings is 1. The lowest BCUT2D eigenvalue weighted by Crippen LogP contribution is -1.97. The Labute approximate surface area is 115 Å². The number of anilines is 1. The Morgan fingerprint density at radius 1 is 1.26 bits per heavy atom. The third-order valence-electron chi connectivity index (χ3n) is 2.62. The van der Waals surface area contributed by atoms with Gasteiger partial charge in [-0.2, -0.15) is 5.26 Å². The van der Waals surface area contributed by atoms with E-state index in [1.165, 1.54) is 0 Å². The molecule has 0 aliphatic rings. The van der Waals surface area contributed by atoms with Gasteiger partial charge in [0.2, 0.25) is 0 Å². The maximum absolute atomic E-state index is 13.8. The van der Waals surface area contributed by atoms with Crippen LogP contribution >= 0.6 is 11.3 Å². The molecule has 102 valence electrons. The summed E-state index contributed by atoms with van der Waals surface area (Å²) >= 11 is 0.984. The van der Waals surface area contributed by atoms with Crippen LogP contribution in [0.2, 0.25) is 0 Å². The molecule has 0 amide bonds. The number of nitrogen functional groups attached to an aromatic ring is 1. The lowest BCUT2D eigenvalue weighted by atomic mass is 9.96.